The Morgan fingerprint density at radius 1 is 1.13 bits per heavy atom. The van der Waals surface area contributed by atoms with Gasteiger partial charge in [-0.15, -0.1) is 0 Å². The first-order chi connectivity index (χ1) is 18.9. The summed E-state index contributed by atoms with van der Waals surface area (Å²) in [6.45, 7) is 9.49. The van der Waals surface area contributed by atoms with Crippen LogP contribution in [0.25, 0.3) is 16.8 Å². The van der Waals surface area contributed by atoms with Crippen LogP contribution in [0.4, 0.5) is 5.88 Å². The molecular formula is C30H31N3O5S. The maximum atomic E-state index is 14.0. The number of fused-ring (bicyclic) bond motifs is 2. The van der Waals surface area contributed by atoms with Gasteiger partial charge in [-0.3, -0.25) is 9.36 Å². The van der Waals surface area contributed by atoms with Gasteiger partial charge in [-0.2, -0.15) is 0 Å². The summed E-state index contributed by atoms with van der Waals surface area (Å²) in [6.07, 6.45) is 1.73. The van der Waals surface area contributed by atoms with Crippen molar-refractivity contribution >= 4 is 40.0 Å². The number of aromatic nitrogens is 1. The summed E-state index contributed by atoms with van der Waals surface area (Å²) < 4.78 is 19.3. The zero-order chi connectivity index (χ0) is 27.7. The highest BCUT2D eigenvalue weighted by atomic mass is 32.1. The second-order valence-electron chi connectivity index (χ2n) is 9.05. The summed E-state index contributed by atoms with van der Waals surface area (Å²) in [5.41, 5.74) is 1.26. The van der Waals surface area contributed by atoms with Crippen LogP contribution in [0.3, 0.4) is 0 Å². The van der Waals surface area contributed by atoms with Gasteiger partial charge < -0.3 is 18.8 Å². The quantitative estimate of drug-likeness (QED) is 0.305. The molecule has 0 radical (unpaired) electrons. The molecule has 1 atom stereocenters. The summed E-state index contributed by atoms with van der Waals surface area (Å²) in [5, 5.41) is 1.84. The molecule has 202 valence electrons. The minimum Gasteiger partial charge on any atom is -0.496 e. The Labute approximate surface area is 230 Å². The van der Waals surface area contributed by atoms with Gasteiger partial charge in [0.1, 0.15) is 17.6 Å². The van der Waals surface area contributed by atoms with E-state index in [0.29, 0.717) is 37.7 Å². The van der Waals surface area contributed by atoms with Crippen molar-refractivity contribution in [1.29, 1.82) is 0 Å². The molecule has 1 unspecified atom stereocenters. The smallest absolute Gasteiger partial charge is 0.338 e. The largest absolute Gasteiger partial charge is 0.496 e. The monoisotopic (exact) mass is 545 g/mol. The highest BCUT2D eigenvalue weighted by Crippen LogP contribution is 2.40. The molecular weight excluding hydrogens is 514 g/mol. The summed E-state index contributed by atoms with van der Waals surface area (Å²) in [5.74, 6) is 1.38. The summed E-state index contributed by atoms with van der Waals surface area (Å²) in [4.78, 5) is 34.7. The van der Waals surface area contributed by atoms with Crippen molar-refractivity contribution in [2.24, 2.45) is 4.99 Å². The lowest BCUT2D eigenvalue weighted by Crippen LogP contribution is -2.40. The minimum absolute atomic E-state index is 0.201. The molecule has 0 saturated heterocycles. The maximum Gasteiger partial charge on any atom is 0.338 e. The van der Waals surface area contributed by atoms with E-state index in [-0.39, 0.29) is 12.2 Å². The number of nitrogens with zero attached hydrogens (tertiary/aromatic N) is 3. The molecule has 2 aromatic carbocycles. The predicted octanol–water partition coefficient (Wildman–Crippen LogP) is 4.40. The topological polar surface area (TPSA) is 86.3 Å². The Hall–Kier alpha value is -4.11. The van der Waals surface area contributed by atoms with Crippen LogP contribution in [-0.2, 0) is 9.53 Å². The molecule has 3 heterocycles. The molecule has 1 aliphatic rings. The van der Waals surface area contributed by atoms with Crippen LogP contribution in [0.1, 0.15) is 45.1 Å². The molecule has 0 bridgehead atoms. The molecule has 0 saturated carbocycles. The van der Waals surface area contributed by atoms with Crippen molar-refractivity contribution in [2.45, 2.75) is 33.7 Å². The molecule has 9 heteroatoms. The van der Waals surface area contributed by atoms with E-state index in [2.05, 4.69) is 23.7 Å². The Balaban J connectivity index is 1.77. The number of anilines is 1. The first-order valence-electron chi connectivity index (χ1n) is 13.0. The Bertz CT molecular complexity index is 1760. The van der Waals surface area contributed by atoms with E-state index < -0.39 is 12.0 Å². The molecule has 0 spiro atoms. The van der Waals surface area contributed by atoms with E-state index in [4.69, 9.17) is 13.9 Å². The molecule has 2 aromatic heterocycles. The van der Waals surface area contributed by atoms with Gasteiger partial charge in [-0.1, -0.05) is 41.7 Å². The number of carbonyl (C=O) groups excluding carboxylic acids is 1. The van der Waals surface area contributed by atoms with Crippen LogP contribution in [0.15, 0.2) is 74.0 Å². The standard InChI is InChI=1S/C30H31N3O5S/c1-6-32(7-2)24-16-14-20(38-24)17-23-28(34)33-27(25(29(35)37-8-3)18(4)31-30(33)39-23)26-21-12-10-9-11-19(21)13-15-22(26)36-5/h9-17,27H,6-8H2,1-5H3. The number of esters is 1. The summed E-state index contributed by atoms with van der Waals surface area (Å²) in [6, 6.07) is 14.6. The molecule has 0 aliphatic carbocycles. The summed E-state index contributed by atoms with van der Waals surface area (Å²) >= 11 is 1.26. The predicted molar refractivity (Wildman–Crippen MR) is 153 cm³/mol. The van der Waals surface area contributed by atoms with Crippen molar-refractivity contribution in [2.75, 3.05) is 31.7 Å². The minimum atomic E-state index is -0.786. The van der Waals surface area contributed by atoms with E-state index in [1.165, 1.54) is 11.3 Å². The number of furan rings is 1. The van der Waals surface area contributed by atoms with Crippen LogP contribution in [0, 0.1) is 0 Å². The van der Waals surface area contributed by atoms with Gasteiger partial charge in [0.25, 0.3) is 5.56 Å². The molecule has 4 aromatic rings. The van der Waals surface area contributed by atoms with Gasteiger partial charge in [0, 0.05) is 30.8 Å². The number of hydrogen-bond donors (Lipinski definition) is 0. The van der Waals surface area contributed by atoms with Crippen molar-refractivity contribution in [1.82, 2.24) is 4.57 Å². The number of carbonyl (C=O) groups is 1. The number of thiazole rings is 1. The van der Waals surface area contributed by atoms with Gasteiger partial charge in [0.2, 0.25) is 0 Å². The number of methoxy groups -OCH3 is 1. The summed E-state index contributed by atoms with van der Waals surface area (Å²) in [7, 11) is 1.59. The number of rotatable bonds is 8. The fourth-order valence-corrected chi connectivity index (χ4v) is 6.08. The second kappa shape index (κ2) is 10.9. The Morgan fingerprint density at radius 3 is 2.62 bits per heavy atom. The van der Waals surface area contributed by atoms with Crippen molar-refractivity contribution in [3.05, 3.63) is 90.8 Å². The van der Waals surface area contributed by atoms with Gasteiger partial charge in [0.05, 0.1) is 29.5 Å². The van der Waals surface area contributed by atoms with Crippen molar-refractivity contribution in [3.8, 4) is 5.75 Å². The lowest BCUT2D eigenvalue weighted by Gasteiger charge is -2.27. The van der Waals surface area contributed by atoms with E-state index in [0.717, 1.165) is 29.7 Å². The number of hydrogen-bond acceptors (Lipinski definition) is 8. The fourth-order valence-electron chi connectivity index (χ4n) is 5.05. The third kappa shape index (κ3) is 4.67. The van der Waals surface area contributed by atoms with E-state index in [9.17, 15) is 9.59 Å². The van der Waals surface area contributed by atoms with Crippen LogP contribution in [0.2, 0.25) is 0 Å². The first-order valence-corrected chi connectivity index (χ1v) is 13.8. The van der Waals surface area contributed by atoms with Crippen LogP contribution in [-0.4, -0.2) is 37.3 Å². The maximum absolute atomic E-state index is 14.0. The van der Waals surface area contributed by atoms with E-state index >= 15 is 0 Å². The molecule has 0 amide bonds. The SMILES string of the molecule is CCOC(=O)C1=C(C)N=c2sc(=Cc3ccc(N(CC)CC)o3)c(=O)n2C1c1c(OC)ccc2ccccc12. The van der Waals surface area contributed by atoms with Crippen LogP contribution >= 0.6 is 11.3 Å². The Kier molecular flexibility index (Phi) is 7.43. The van der Waals surface area contributed by atoms with Crippen LogP contribution in [0.5, 0.6) is 5.75 Å². The first kappa shape index (κ1) is 26.5. The molecule has 39 heavy (non-hydrogen) atoms. The van der Waals surface area contributed by atoms with Gasteiger partial charge in [-0.05, 0) is 50.6 Å². The molecule has 5 rings (SSSR count). The molecule has 0 fully saturated rings. The van der Waals surface area contributed by atoms with Crippen molar-refractivity contribution < 1.29 is 18.7 Å². The normalized spacial score (nSPS) is 15.3. The number of benzene rings is 2. The zero-order valence-electron chi connectivity index (χ0n) is 22.7. The lowest BCUT2D eigenvalue weighted by molar-refractivity contribution is -0.139. The molecule has 0 N–H and O–H groups in total. The highest BCUT2D eigenvalue weighted by molar-refractivity contribution is 7.07. The zero-order valence-corrected chi connectivity index (χ0v) is 23.5. The lowest BCUT2D eigenvalue weighted by atomic mass is 9.90. The number of ether oxygens (including phenoxy) is 2. The Morgan fingerprint density at radius 2 is 1.90 bits per heavy atom. The van der Waals surface area contributed by atoms with Gasteiger partial charge in [-0.25, -0.2) is 9.79 Å². The molecule has 8 nitrogen and oxygen atoms in total. The second-order valence-corrected chi connectivity index (χ2v) is 10.1. The average molecular weight is 546 g/mol. The average Bonchev–Trinajstić information content (AvgIpc) is 3.52. The fraction of sp³-hybridized carbons (Fsp3) is 0.300. The van der Waals surface area contributed by atoms with E-state index in [1.54, 1.807) is 31.6 Å². The van der Waals surface area contributed by atoms with Gasteiger partial charge in [0.15, 0.2) is 10.7 Å². The third-order valence-electron chi connectivity index (χ3n) is 6.90. The number of allylic oxidation sites excluding steroid dienone is 1. The van der Waals surface area contributed by atoms with Crippen molar-refractivity contribution in [3.63, 3.8) is 0 Å². The van der Waals surface area contributed by atoms with Crippen LogP contribution < -0.4 is 24.5 Å². The third-order valence-corrected chi connectivity index (χ3v) is 7.89. The van der Waals surface area contributed by atoms with E-state index in [1.807, 2.05) is 48.5 Å². The highest BCUT2D eigenvalue weighted by Gasteiger charge is 2.36. The van der Waals surface area contributed by atoms with Gasteiger partial charge >= 0.3 is 5.97 Å². The molecule has 1 aliphatic heterocycles.